The van der Waals surface area contributed by atoms with E-state index in [4.69, 9.17) is 27.9 Å². The Morgan fingerprint density at radius 2 is 1.96 bits per heavy atom. The third-order valence-electron chi connectivity index (χ3n) is 4.61. The topological polar surface area (TPSA) is 42.4 Å². The van der Waals surface area contributed by atoms with Gasteiger partial charge in [-0.1, -0.05) is 23.2 Å². The van der Waals surface area contributed by atoms with Crippen molar-refractivity contribution < 1.29 is 13.9 Å². The summed E-state index contributed by atoms with van der Waals surface area (Å²) in [6.07, 6.45) is 0. The number of methoxy groups -OCH3 is 1. The molecule has 4 rings (SSSR count). The summed E-state index contributed by atoms with van der Waals surface area (Å²) in [5, 5.41) is 0.471. The zero-order chi connectivity index (χ0) is 20.0. The largest absolute Gasteiger partial charge is 0.497 e. The minimum atomic E-state index is -0.534. The van der Waals surface area contributed by atoms with Crippen LogP contribution in [0.25, 0.3) is 10.9 Å². The number of benzene rings is 2. The predicted octanol–water partition coefficient (Wildman–Crippen LogP) is 5.86. The minimum absolute atomic E-state index is 0.0385. The number of carbonyl (C=O) groups is 1. The van der Waals surface area contributed by atoms with Gasteiger partial charge in [-0.25, -0.2) is 9.37 Å². The summed E-state index contributed by atoms with van der Waals surface area (Å²) in [5.41, 5.74) is 1.93. The molecule has 28 heavy (non-hydrogen) atoms. The number of halogens is 3. The van der Waals surface area contributed by atoms with Crippen LogP contribution in [0.5, 0.6) is 5.75 Å². The third kappa shape index (κ3) is 3.30. The lowest BCUT2D eigenvalue weighted by Crippen LogP contribution is -2.30. The average molecular weight is 437 g/mol. The van der Waals surface area contributed by atoms with Gasteiger partial charge in [-0.15, -0.1) is 11.8 Å². The Morgan fingerprint density at radius 1 is 1.18 bits per heavy atom. The van der Waals surface area contributed by atoms with Crippen molar-refractivity contribution in [2.75, 3.05) is 12.0 Å². The van der Waals surface area contributed by atoms with E-state index >= 15 is 0 Å². The Labute approximate surface area is 175 Å². The van der Waals surface area contributed by atoms with Crippen LogP contribution in [0.15, 0.2) is 42.5 Å². The molecule has 0 N–H and O–H groups in total. The van der Waals surface area contributed by atoms with Gasteiger partial charge in [-0.3, -0.25) is 9.69 Å². The molecule has 4 nitrogen and oxygen atoms in total. The van der Waals surface area contributed by atoms with Gasteiger partial charge in [0.15, 0.2) is 0 Å². The van der Waals surface area contributed by atoms with E-state index in [1.165, 1.54) is 30.0 Å². The van der Waals surface area contributed by atoms with Gasteiger partial charge in [0.2, 0.25) is 5.91 Å². The number of ether oxygens (including phenoxy) is 1. The molecule has 1 aliphatic heterocycles. The molecule has 2 aromatic carbocycles. The van der Waals surface area contributed by atoms with E-state index < -0.39 is 11.2 Å². The Balaban J connectivity index is 1.82. The third-order valence-corrected chi connectivity index (χ3v) is 6.53. The fourth-order valence-electron chi connectivity index (χ4n) is 3.17. The number of hydrogen-bond acceptors (Lipinski definition) is 4. The zero-order valence-corrected chi connectivity index (χ0v) is 17.3. The van der Waals surface area contributed by atoms with Crippen molar-refractivity contribution >= 4 is 57.5 Å². The number of hydrogen-bond donors (Lipinski definition) is 0. The lowest BCUT2D eigenvalue weighted by Gasteiger charge is -2.25. The van der Waals surface area contributed by atoms with Crippen LogP contribution in [0.1, 0.15) is 17.9 Å². The highest BCUT2D eigenvalue weighted by atomic mass is 35.5. The maximum absolute atomic E-state index is 13.6. The van der Waals surface area contributed by atoms with Crippen LogP contribution < -0.4 is 9.64 Å². The van der Waals surface area contributed by atoms with Gasteiger partial charge in [0.05, 0.1) is 22.9 Å². The van der Waals surface area contributed by atoms with Gasteiger partial charge >= 0.3 is 0 Å². The molecule has 2 atom stereocenters. The molecule has 1 aliphatic rings. The van der Waals surface area contributed by atoms with E-state index in [0.717, 1.165) is 5.39 Å². The fourth-order valence-corrected chi connectivity index (χ4v) is 4.95. The number of nitrogens with zero attached hydrogens (tertiary/aromatic N) is 2. The first-order valence-electron chi connectivity index (χ1n) is 8.47. The van der Waals surface area contributed by atoms with Gasteiger partial charge in [0.1, 0.15) is 22.1 Å². The molecule has 1 aromatic heterocycles. The molecule has 2 heterocycles. The molecule has 0 radical (unpaired) electrons. The highest BCUT2D eigenvalue weighted by molar-refractivity contribution is 8.01. The Hall–Kier alpha value is -2.02. The molecule has 1 fully saturated rings. The SMILES string of the molecule is COc1ccc2cc(C3SC(C)C(=O)N3c3ccc(F)c(Cl)c3)c(Cl)nc2c1. The first-order valence-corrected chi connectivity index (χ1v) is 10.2. The van der Waals surface area contributed by atoms with Crippen molar-refractivity contribution in [3.8, 4) is 5.75 Å². The number of amides is 1. The zero-order valence-electron chi connectivity index (χ0n) is 14.9. The van der Waals surface area contributed by atoms with Gasteiger partial charge in [0.25, 0.3) is 0 Å². The second-order valence-corrected chi connectivity index (χ2v) is 8.56. The van der Waals surface area contributed by atoms with Crippen LogP contribution in [-0.2, 0) is 4.79 Å². The number of anilines is 1. The summed E-state index contributed by atoms with van der Waals surface area (Å²) >= 11 is 13.9. The molecule has 0 bridgehead atoms. The van der Waals surface area contributed by atoms with Crippen molar-refractivity contribution in [1.29, 1.82) is 0 Å². The predicted molar refractivity (Wildman–Crippen MR) is 112 cm³/mol. The normalized spacial score (nSPS) is 19.5. The molecular formula is C20H15Cl2FN2O2S. The lowest BCUT2D eigenvalue weighted by atomic mass is 10.1. The standard InChI is InChI=1S/C20H15Cl2FN2O2S/c1-10-19(26)25(12-4-6-16(23)15(21)8-12)20(28-10)14-7-11-3-5-13(27-2)9-17(11)24-18(14)22/h3-10,20H,1-2H3. The van der Waals surface area contributed by atoms with Crippen molar-refractivity contribution in [2.45, 2.75) is 17.5 Å². The van der Waals surface area contributed by atoms with E-state index in [1.54, 1.807) is 18.1 Å². The molecule has 0 spiro atoms. The summed E-state index contributed by atoms with van der Waals surface area (Å²) in [7, 11) is 1.59. The van der Waals surface area contributed by atoms with Crippen LogP contribution >= 0.6 is 35.0 Å². The first-order chi connectivity index (χ1) is 13.4. The van der Waals surface area contributed by atoms with Crippen molar-refractivity contribution in [2.24, 2.45) is 0 Å². The Bertz CT molecular complexity index is 1100. The van der Waals surface area contributed by atoms with Crippen LogP contribution in [-0.4, -0.2) is 23.3 Å². The van der Waals surface area contributed by atoms with Gasteiger partial charge in [-0.05, 0) is 43.3 Å². The summed E-state index contributed by atoms with van der Waals surface area (Å²) in [6, 6.07) is 11.7. The fraction of sp³-hybridized carbons (Fsp3) is 0.200. The average Bonchev–Trinajstić information content (AvgIpc) is 2.97. The Kier molecular flexibility index (Phi) is 5.12. The number of pyridine rings is 1. The van der Waals surface area contributed by atoms with E-state index in [9.17, 15) is 9.18 Å². The maximum atomic E-state index is 13.6. The quantitative estimate of drug-likeness (QED) is 0.482. The second kappa shape index (κ2) is 7.43. The minimum Gasteiger partial charge on any atom is -0.497 e. The molecule has 1 saturated heterocycles. The van der Waals surface area contributed by atoms with Crippen LogP contribution in [0.4, 0.5) is 10.1 Å². The number of fused-ring (bicyclic) bond motifs is 1. The van der Waals surface area contributed by atoms with Gasteiger partial charge in [0, 0.05) is 22.7 Å². The molecule has 0 aliphatic carbocycles. The Morgan fingerprint density at radius 3 is 2.68 bits per heavy atom. The van der Waals surface area contributed by atoms with E-state index in [-0.39, 0.29) is 16.2 Å². The monoisotopic (exact) mass is 436 g/mol. The number of thioether (sulfide) groups is 1. The first kappa shape index (κ1) is 19.3. The van der Waals surface area contributed by atoms with Crippen molar-refractivity contribution in [3.63, 3.8) is 0 Å². The molecular weight excluding hydrogens is 422 g/mol. The van der Waals surface area contributed by atoms with Crippen molar-refractivity contribution in [3.05, 3.63) is 64.0 Å². The van der Waals surface area contributed by atoms with Gasteiger partial charge in [-0.2, -0.15) is 0 Å². The van der Waals surface area contributed by atoms with Gasteiger partial charge < -0.3 is 4.74 Å². The lowest BCUT2D eigenvalue weighted by molar-refractivity contribution is -0.117. The smallest absolute Gasteiger partial charge is 0.241 e. The molecule has 0 saturated carbocycles. The van der Waals surface area contributed by atoms with E-state index in [2.05, 4.69) is 4.98 Å². The maximum Gasteiger partial charge on any atom is 0.241 e. The van der Waals surface area contributed by atoms with Crippen LogP contribution in [0.2, 0.25) is 10.2 Å². The number of aromatic nitrogens is 1. The molecule has 1 amide bonds. The highest BCUT2D eigenvalue weighted by Gasteiger charge is 2.41. The van der Waals surface area contributed by atoms with Crippen LogP contribution in [0, 0.1) is 5.82 Å². The molecule has 8 heteroatoms. The summed E-state index contributed by atoms with van der Waals surface area (Å²) in [4.78, 5) is 18.9. The highest BCUT2D eigenvalue weighted by Crippen LogP contribution is 2.48. The summed E-state index contributed by atoms with van der Waals surface area (Å²) in [6.45, 7) is 1.83. The summed E-state index contributed by atoms with van der Waals surface area (Å²) in [5.74, 6) is 0.0580. The van der Waals surface area contributed by atoms with Crippen molar-refractivity contribution in [1.82, 2.24) is 4.98 Å². The molecule has 3 aromatic rings. The van der Waals surface area contributed by atoms with Crippen LogP contribution in [0.3, 0.4) is 0 Å². The number of rotatable bonds is 3. The summed E-state index contributed by atoms with van der Waals surface area (Å²) < 4.78 is 18.8. The second-order valence-electron chi connectivity index (χ2n) is 6.36. The molecule has 2 unspecified atom stereocenters. The van der Waals surface area contributed by atoms with E-state index in [0.29, 0.717) is 27.7 Å². The number of carbonyl (C=O) groups excluding carboxylic acids is 1. The molecule has 144 valence electrons. The van der Waals surface area contributed by atoms with E-state index in [1.807, 2.05) is 25.1 Å².